The summed E-state index contributed by atoms with van der Waals surface area (Å²) >= 11 is 7.39. The number of aliphatic hydroxyl groups excluding tert-OH is 1. The lowest BCUT2D eigenvalue weighted by molar-refractivity contribution is -0.383. The van der Waals surface area contributed by atoms with Gasteiger partial charge >= 0.3 is 0 Å². The largest absolute Gasteiger partial charge is 0.393 e. The molecule has 0 radical (unpaired) electrons. The molecule has 0 aliphatic rings. The molecule has 0 fully saturated rings. The van der Waals surface area contributed by atoms with Crippen LogP contribution in [0, 0.1) is 10.1 Å². The van der Waals surface area contributed by atoms with Gasteiger partial charge in [0.15, 0.2) is 0 Å². The van der Waals surface area contributed by atoms with E-state index in [9.17, 15) is 15.2 Å². The van der Waals surface area contributed by atoms with Crippen molar-refractivity contribution >= 4 is 34.7 Å². The van der Waals surface area contributed by atoms with E-state index in [-0.39, 0.29) is 18.0 Å². The monoisotopic (exact) mass is 324 g/mol. The van der Waals surface area contributed by atoms with Crippen LogP contribution in [0.2, 0.25) is 5.02 Å². The van der Waals surface area contributed by atoms with Gasteiger partial charge in [-0.25, -0.2) is 0 Å². The Morgan fingerprint density at radius 1 is 1.29 bits per heavy atom. The second-order valence-electron chi connectivity index (χ2n) is 4.35. The molecule has 0 spiro atoms. The number of aliphatic hydroxyl groups is 1. The first-order valence-electron chi connectivity index (χ1n) is 6.06. The Balaban J connectivity index is 2.13. The number of nitrogen functional groups attached to an aromatic ring is 1. The van der Waals surface area contributed by atoms with Gasteiger partial charge in [-0.05, 0) is 35.4 Å². The van der Waals surface area contributed by atoms with Crippen LogP contribution in [0.1, 0.15) is 11.1 Å². The Labute approximate surface area is 130 Å². The van der Waals surface area contributed by atoms with Crippen LogP contribution in [-0.4, -0.2) is 10.0 Å². The van der Waals surface area contributed by atoms with Gasteiger partial charge < -0.3 is 10.8 Å². The highest BCUT2D eigenvalue weighted by Gasteiger charge is 2.11. The number of benzene rings is 2. The zero-order chi connectivity index (χ0) is 15.4. The van der Waals surface area contributed by atoms with Crippen LogP contribution in [0.15, 0.2) is 41.3 Å². The second kappa shape index (κ2) is 6.80. The molecule has 7 heteroatoms. The molecule has 5 nitrogen and oxygen atoms in total. The number of nitrogens with two attached hydrogens (primary N) is 1. The lowest BCUT2D eigenvalue weighted by Gasteiger charge is -2.08. The van der Waals surface area contributed by atoms with Crippen molar-refractivity contribution < 1.29 is 10.0 Å². The van der Waals surface area contributed by atoms with Gasteiger partial charge in [-0.15, -0.1) is 11.8 Å². The van der Waals surface area contributed by atoms with Gasteiger partial charge in [0.05, 0.1) is 11.5 Å². The first-order chi connectivity index (χ1) is 10.0. The smallest absolute Gasteiger partial charge is 0.292 e. The van der Waals surface area contributed by atoms with Gasteiger partial charge in [-0.1, -0.05) is 17.7 Å². The molecule has 0 atom stereocenters. The summed E-state index contributed by atoms with van der Waals surface area (Å²) in [5.41, 5.74) is 7.35. The molecule has 0 unspecified atom stereocenters. The fourth-order valence-corrected chi connectivity index (χ4v) is 3.00. The number of nitro groups is 1. The SMILES string of the molecule is Nc1cc(CSc2ccc(Cl)cc2CO)ccc1[N+](=O)[O-]. The highest BCUT2D eigenvalue weighted by Crippen LogP contribution is 2.30. The number of rotatable bonds is 5. The Hall–Kier alpha value is -1.76. The molecule has 21 heavy (non-hydrogen) atoms. The molecule has 2 aromatic rings. The first kappa shape index (κ1) is 15.6. The highest BCUT2D eigenvalue weighted by atomic mass is 35.5. The van der Waals surface area contributed by atoms with E-state index in [0.717, 1.165) is 16.0 Å². The Morgan fingerprint density at radius 3 is 2.67 bits per heavy atom. The quantitative estimate of drug-likeness (QED) is 0.379. The molecule has 0 bridgehead atoms. The fourth-order valence-electron chi connectivity index (χ4n) is 1.83. The Morgan fingerprint density at radius 2 is 2.05 bits per heavy atom. The Bertz CT molecular complexity index is 679. The summed E-state index contributed by atoms with van der Waals surface area (Å²) in [6.07, 6.45) is 0. The summed E-state index contributed by atoms with van der Waals surface area (Å²) in [7, 11) is 0. The topological polar surface area (TPSA) is 89.4 Å². The van der Waals surface area contributed by atoms with E-state index in [1.165, 1.54) is 17.8 Å². The van der Waals surface area contributed by atoms with Crippen LogP contribution < -0.4 is 5.73 Å². The van der Waals surface area contributed by atoms with Gasteiger partial charge in [0.25, 0.3) is 5.69 Å². The van der Waals surface area contributed by atoms with E-state index in [1.54, 1.807) is 24.3 Å². The zero-order valence-electron chi connectivity index (χ0n) is 11.0. The molecular formula is C14H13ClN2O3S. The van der Waals surface area contributed by atoms with Crippen molar-refractivity contribution in [2.75, 3.05) is 5.73 Å². The summed E-state index contributed by atoms with van der Waals surface area (Å²) in [6.45, 7) is -0.0920. The van der Waals surface area contributed by atoms with Gasteiger partial charge in [-0.3, -0.25) is 10.1 Å². The van der Waals surface area contributed by atoms with E-state index >= 15 is 0 Å². The van der Waals surface area contributed by atoms with Crippen LogP contribution in [0.3, 0.4) is 0 Å². The van der Waals surface area contributed by atoms with Gasteiger partial charge in [0.1, 0.15) is 5.69 Å². The van der Waals surface area contributed by atoms with Gasteiger partial charge in [0, 0.05) is 21.7 Å². The molecular weight excluding hydrogens is 312 g/mol. The number of anilines is 1. The molecule has 0 heterocycles. The van der Waals surface area contributed by atoms with E-state index in [1.807, 2.05) is 6.07 Å². The lowest BCUT2D eigenvalue weighted by Crippen LogP contribution is -1.96. The van der Waals surface area contributed by atoms with Crippen molar-refractivity contribution in [1.29, 1.82) is 0 Å². The highest BCUT2D eigenvalue weighted by molar-refractivity contribution is 7.98. The maximum atomic E-state index is 10.7. The van der Waals surface area contributed by atoms with Gasteiger partial charge in [-0.2, -0.15) is 0 Å². The van der Waals surface area contributed by atoms with Crippen molar-refractivity contribution in [3.63, 3.8) is 0 Å². The van der Waals surface area contributed by atoms with Crippen LogP contribution in [0.4, 0.5) is 11.4 Å². The first-order valence-corrected chi connectivity index (χ1v) is 7.42. The average Bonchev–Trinajstić information content (AvgIpc) is 2.45. The van der Waals surface area contributed by atoms with Gasteiger partial charge in [0.2, 0.25) is 0 Å². The summed E-state index contributed by atoms with van der Waals surface area (Å²) in [5, 5.41) is 20.6. The Kier molecular flexibility index (Phi) is 5.06. The summed E-state index contributed by atoms with van der Waals surface area (Å²) in [4.78, 5) is 11.1. The number of halogens is 1. The minimum Gasteiger partial charge on any atom is -0.393 e. The molecule has 0 aromatic heterocycles. The second-order valence-corrected chi connectivity index (χ2v) is 5.80. The third-order valence-electron chi connectivity index (χ3n) is 2.88. The molecule has 0 saturated carbocycles. The molecule has 110 valence electrons. The predicted molar refractivity (Wildman–Crippen MR) is 84.4 cm³/mol. The van der Waals surface area contributed by atoms with Crippen LogP contribution >= 0.6 is 23.4 Å². The molecule has 0 aliphatic heterocycles. The zero-order valence-corrected chi connectivity index (χ0v) is 12.5. The summed E-state index contributed by atoms with van der Waals surface area (Å²) in [5.74, 6) is 0.594. The number of hydrogen-bond acceptors (Lipinski definition) is 5. The van der Waals surface area contributed by atoms with E-state index in [0.29, 0.717) is 10.8 Å². The van der Waals surface area contributed by atoms with E-state index in [4.69, 9.17) is 17.3 Å². The van der Waals surface area contributed by atoms with Crippen molar-refractivity contribution in [3.05, 3.63) is 62.7 Å². The molecule has 0 amide bonds. The summed E-state index contributed by atoms with van der Waals surface area (Å²) < 4.78 is 0. The minimum absolute atomic E-state index is 0.0914. The number of thioether (sulfide) groups is 1. The molecule has 2 rings (SSSR count). The number of hydrogen-bond donors (Lipinski definition) is 2. The van der Waals surface area contributed by atoms with Crippen molar-refractivity contribution in [2.45, 2.75) is 17.3 Å². The number of nitro benzene ring substituents is 1. The third-order valence-corrected chi connectivity index (χ3v) is 4.30. The summed E-state index contributed by atoms with van der Waals surface area (Å²) in [6, 6.07) is 9.99. The maximum Gasteiger partial charge on any atom is 0.292 e. The normalized spacial score (nSPS) is 10.6. The van der Waals surface area contributed by atoms with Crippen LogP contribution in [0.5, 0.6) is 0 Å². The predicted octanol–water partition coefficient (Wildman–Crippen LogP) is 3.62. The van der Waals surface area contributed by atoms with Crippen molar-refractivity contribution in [1.82, 2.24) is 0 Å². The maximum absolute atomic E-state index is 10.7. The van der Waals surface area contributed by atoms with E-state index in [2.05, 4.69) is 0 Å². The lowest BCUT2D eigenvalue weighted by atomic mass is 10.2. The van der Waals surface area contributed by atoms with Crippen molar-refractivity contribution in [2.24, 2.45) is 0 Å². The fraction of sp³-hybridized carbons (Fsp3) is 0.143. The minimum atomic E-state index is -0.505. The molecule has 0 aliphatic carbocycles. The molecule has 3 N–H and O–H groups in total. The average molecular weight is 325 g/mol. The van der Waals surface area contributed by atoms with E-state index < -0.39 is 4.92 Å². The standard InChI is InChI=1S/C14H13ClN2O3S/c15-11-2-4-14(10(6-11)7-18)21-8-9-1-3-13(17(19)20)12(16)5-9/h1-6,18H,7-8,16H2. The van der Waals surface area contributed by atoms with Crippen LogP contribution in [-0.2, 0) is 12.4 Å². The molecule has 0 saturated heterocycles. The van der Waals surface area contributed by atoms with Crippen molar-refractivity contribution in [3.8, 4) is 0 Å². The molecule has 2 aromatic carbocycles. The number of nitrogens with zero attached hydrogens (tertiary/aromatic N) is 1. The van der Waals surface area contributed by atoms with Crippen LogP contribution in [0.25, 0.3) is 0 Å². The third kappa shape index (κ3) is 3.87.